The van der Waals surface area contributed by atoms with Crippen LogP contribution in [0, 0.1) is 0 Å². The van der Waals surface area contributed by atoms with Crippen molar-refractivity contribution in [2.45, 2.75) is 44.6 Å². The van der Waals surface area contributed by atoms with Crippen molar-refractivity contribution in [3.63, 3.8) is 0 Å². The van der Waals surface area contributed by atoms with Crippen molar-refractivity contribution in [2.75, 3.05) is 13.2 Å². The maximum Gasteiger partial charge on any atom is 0.227 e. The maximum atomic E-state index is 12.3. The quantitative estimate of drug-likeness (QED) is 0.897. The van der Waals surface area contributed by atoms with E-state index in [0.29, 0.717) is 6.42 Å². The summed E-state index contributed by atoms with van der Waals surface area (Å²) < 4.78 is 0. The Labute approximate surface area is 114 Å². The van der Waals surface area contributed by atoms with Crippen molar-refractivity contribution in [1.82, 2.24) is 4.90 Å². The fraction of sp³-hybridized carbons (Fsp3) is 0.562. The zero-order valence-electron chi connectivity index (χ0n) is 11.3. The van der Waals surface area contributed by atoms with E-state index < -0.39 is 0 Å². The summed E-state index contributed by atoms with van der Waals surface area (Å²) in [5, 5.41) is 9.28. The number of likely N-dealkylation sites (tertiary alicyclic amines) is 1. The molecule has 3 heteroatoms. The third kappa shape index (κ3) is 2.52. The highest BCUT2D eigenvalue weighted by Crippen LogP contribution is 2.24. The van der Waals surface area contributed by atoms with Crippen molar-refractivity contribution in [1.29, 1.82) is 0 Å². The van der Waals surface area contributed by atoms with Gasteiger partial charge in [0, 0.05) is 6.54 Å². The number of amides is 1. The molecule has 0 unspecified atom stereocenters. The Hall–Kier alpha value is -1.35. The van der Waals surface area contributed by atoms with Crippen molar-refractivity contribution >= 4 is 5.91 Å². The summed E-state index contributed by atoms with van der Waals surface area (Å²) in [7, 11) is 0. The van der Waals surface area contributed by atoms with Gasteiger partial charge in [0.25, 0.3) is 0 Å². The molecular formula is C16H21NO2. The Morgan fingerprint density at radius 3 is 2.95 bits per heavy atom. The highest BCUT2D eigenvalue weighted by molar-refractivity contribution is 5.79. The first-order chi connectivity index (χ1) is 9.28. The zero-order chi connectivity index (χ0) is 13.2. The second kappa shape index (κ2) is 5.33. The Kier molecular flexibility index (Phi) is 3.56. The predicted molar refractivity (Wildman–Crippen MR) is 74.0 cm³/mol. The number of aryl methyl sites for hydroxylation is 2. The molecule has 1 aliphatic heterocycles. The van der Waals surface area contributed by atoms with E-state index in [4.69, 9.17) is 0 Å². The number of carbonyl (C=O) groups is 1. The lowest BCUT2D eigenvalue weighted by atomic mass is 10.0. The standard InChI is InChI=1S/C16H21NO2/c18-11-15-5-2-8-17(15)16(19)10-12-6-7-13-3-1-4-14(13)9-12/h6-7,9,15,18H,1-5,8,10-11H2/t15-/m1/s1. The SMILES string of the molecule is O=C(Cc1ccc2c(c1)CCC2)N1CCC[C@@H]1CO. The van der Waals surface area contributed by atoms with Crippen molar-refractivity contribution in [3.8, 4) is 0 Å². The minimum atomic E-state index is 0.0435. The lowest BCUT2D eigenvalue weighted by Crippen LogP contribution is -2.38. The minimum Gasteiger partial charge on any atom is -0.394 e. The average molecular weight is 259 g/mol. The lowest BCUT2D eigenvalue weighted by Gasteiger charge is -2.23. The molecule has 0 aromatic heterocycles. The Morgan fingerprint density at radius 2 is 2.11 bits per heavy atom. The molecule has 0 saturated carbocycles. The maximum absolute atomic E-state index is 12.3. The highest BCUT2D eigenvalue weighted by atomic mass is 16.3. The summed E-state index contributed by atoms with van der Waals surface area (Å²) in [6, 6.07) is 6.51. The second-order valence-electron chi connectivity index (χ2n) is 5.70. The minimum absolute atomic E-state index is 0.0435. The van der Waals surface area contributed by atoms with E-state index in [2.05, 4.69) is 18.2 Å². The van der Waals surface area contributed by atoms with Gasteiger partial charge >= 0.3 is 0 Å². The molecule has 102 valence electrons. The van der Waals surface area contributed by atoms with E-state index in [0.717, 1.165) is 31.4 Å². The van der Waals surface area contributed by atoms with Crippen molar-refractivity contribution < 1.29 is 9.90 Å². The first kappa shape index (κ1) is 12.7. The molecule has 1 N–H and O–H groups in total. The lowest BCUT2D eigenvalue weighted by molar-refractivity contribution is -0.131. The number of nitrogens with zero attached hydrogens (tertiary/aromatic N) is 1. The molecular weight excluding hydrogens is 238 g/mol. The predicted octanol–water partition coefficient (Wildman–Crippen LogP) is 1.70. The highest BCUT2D eigenvalue weighted by Gasteiger charge is 2.27. The summed E-state index contributed by atoms with van der Waals surface area (Å²) in [5.41, 5.74) is 3.99. The Morgan fingerprint density at radius 1 is 1.26 bits per heavy atom. The van der Waals surface area contributed by atoms with Crippen LogP contribution in [0.15, 0.2) is 18.2 Å². The van der Waals surface area contributed by atoms with Crippen LogP contribution in [0.2, 0.25) is 0 Å². The van der Waals surface area contributed by atoms with Gasteiger partial charge < -0.3 is 10.0 Å². The molecule has 1 aliphatic carbocycles. The van der Waals surface area contributed by atoms with E-state index in [-0.39, 0.29) is 18.6 Å². The molecule has 1 aromatic rings. The van der Waals surface area contributed by atoms with Crippen LogP contribution >= 0.6 is 0 Å². The van der Waals surface area contributed by atoms with Crippen LogP contribution in [0.3, 0.4) is 0 Å². The summed E-state index contributed by atoms with van der Waals surface area (Å²) in [4.78, 5) is 14.2. The van der Waals surface area contributed by atoms with Gasteiger partial charge in [-0.3, -0.25) is 4.79 Å². The molecule has 1 aromatic carbocycles. The van der Waals surface area contributed by atoms with Crippen LogP contribution in [0.4, 0.5) is 0 Å². The van der Waals surface area contributed by atoms with Crippen LogP contribution in [-0.2, 0) is 24.1 Å². The third-order valence-corrected chi connectivity index (χ3v) is 4.43. The summed E-state index contributed by atoms with van der Waals surface area (Å²) >= 11 is 0. The average Bonchev–Trinajstić information content (AvgIpc) is 3.06. The number of fused-ring (bicyclic) bond motifs is 1. The monoisotopic (exact) mass is 259 g/mol. The number of benzene rings is 1. The second-order valence-corrected chi connectivity index (χ2v) is 5.70. The Balaban J connectivity index is 1.69. The Bertz CT molecular complexity index is 484. The zero-order valence-corrected chi connectivity index (χ0v) is 11.3. The first-order valence-electron chi connectivity index (χ1n) is 7.29. The molecule has 0 spiro atoms. The number of hydrogen-bond donors (Lipinski definition) is 1. The molecule has 1 saturated heterocycles. The van der Waals surface area contributed by atoms with Crippen LogP contribution in [0.5, 0.6) is 0 Å². The van der Waals surface area contributed by atoms with Gasteiger partial charge in [-0.25, -0.2) is 0 Å². The molecule has 1 amide bonds. The van der Waals surface area contributed by atoms with E-state index in [1.165, 1.54) is 24.0 Å². The van der Waals surface area contributed by atoms with E-state index in [1.54, 1.807) is 0 Å². The van der Waals surface area contributed by atoms with Crippen LogP contribution in [0.25, 0.3) is 0 Å². The van der Waals surface area contributed by atoms with Gasteiger partial charge in [0.15, 0.2) is 0 Å². The summed E-state index contributed by atoms with van der Waals surface area (Å²) in [6.45, 7) is 0.894. The molecule has 1 atom stereocenters. The van der Waals surface area contributed by atoms with Crippen molar-refractivity contribution in [3.05, 3.63) is 34.9 Å². The van der Waals surface area contributed by atoms with Crippen LogP contribution in [-0.4, -0.2) is 35.1 Å². The molecule has 0 radical (unpaired) electrons. The van der Waals surface area contributed by atoms with Gasteiger partial charge in [0.05, 0.1) is 19.1 Å². The fourth-order valence-electron chi connectivity index (χ4n) is 3.37. The third-order valence-electron chi connectivity index (χ3n) is 4.43. The summed E-state index contributed by atoms with van der Waals surface area (Å²) in [5.74, 6) is 0.162. The normalized spacial score (nSPS) is 21.7. The molecule has 1 heterocycles. The van der Waals surface area contributed by atoms with E-state index in [9.17, 15) is 9.90 Å². The number of carbonyl (C=O) groups excluding carboxylic acids is 1. The van der Waals surface area contributed by atoms with Gasteiger partial charge in [-0.2, -0.15) is 0 Å². The van der Waals surface area contributed by atoms with Gasteiger partial charge in [-0.15, -0.1) is 0 Å². The van der Waals surface area contributed by atoms with Gasteiger partial charge in [0.1, 0.15) is 0 Å². The van der Waals surface area contributed by atoms with Crippen molar-refractivity contribution in [2.24, 2.45) is 0 Å². The van der Waals surface area contributed by atoms with Crippen LogP contribution < -0.4 is 0 Å². The van der Waals surface area contributed by atoms with Gasteiger partial charge in [-0.05, 0) is 48.8 Å². The first-order valence-corrected chi connectivity index (χ1v) is 7.29. The number of aliphatic hydroxyl groups is 1. The topological polar surface area (TPSA) is 40.5 Å². The van der Waals surface area contributed by atoms with E-state index >= 15 is 0 Å². The molecule has 2 aliphatic rings. The molecule has 3 rings (SSSR count). The fourth-order valence-corrected chi connectivity index (χ4v) is 3.37. The van der Waals surface area contributed by atoms with E-state index in [1.807, 2.05) is 4.90 Å². The number of aliphatic hydroxyl groups excluding tert-OH is 1. The number of hydrogen-bond acceptors (Lipinski definition) is 2. The van der Waals surface area contributed by atoms with Crippen LogP contribution in [0.1, 0.15) is 36.0 Å². The largest absolute Gasteiger partial charge is 0.394 e. The smallest absolute Gasteiger partial charge is 0.227 e. The molecule has 3 nitrogen and oxygen atoms in total. The summed E-state index contributed by atoms with van der Waals surface area (Å²) in [6.07, 6.45) is 6.01. The van der Waals surface area contributed by atoms with Gasteiger partial charge in [0.2, 0.25) is 5.91 Å². The molecule has 19 heavy (non-hydrogen) atoms. The molecule has 1 fully saturated rings. The number of rotatable bonds is 3. The van der Waals surface area contributed by atoms with Gasteiger partial charge in [-0.1, -0.05) is 18.2 Å². The molecule has 0 bridgehead atoms.